The molecule has 0 atom stereocenters. The van der Waals surface area contributed by atoms with Gasteiger partial charge in [0.15, 0.2) is 0 Å². The molecule has 2 heteroatoms. The molecule has 1 N–H and O–H groups in total. The number of aliphatic hydroxyl groups is 1. The number of carbonyl (C=O) groups excluding carboxylic acids is 1. The summed E-state index contributed by atoms with van der Waals surface area (Å²) < 4.78 is 0. The predicted molar refractivity (Wildman–Crippen MR) is 49.9 cm³/mol. The van der Waals surface area contributed by atoms with E-state index in [0.29, 0.717) is 11.9 Å². The Hall–Kier alpha value is -0.890. The van der Waals surface area contributed by atoms with E-state index in [1.165, 1.54) is 0 Å². The molecule has 0 fully saturated rings. The van der Waals surface area contributed by atoms with Crippen LogP contribution in [0.5, 0.6) is 0 Å². The van der Waals surface area contributed by atoms with Gasteiger partial charge in [-0.1, -0.05) is 17.7 Å². The highest BCUT2D eigenvalue weighted by Gasteiger charge is 2.17. The summed E-state index contributed by atoms with van der Waals surface area (Å²) in [4.78, 5) is 10.5. The monoisotopic (exact) mass is 168 g/mol. The molecule has 0 unspecified atom stereocenters. The van der Waals surface area contributed by atoms with Gasteiger partial charge in [-0.05, 0) is 27.7 Å². The lowest BCUT2D eigenvalue weighted by Gasteiger charge is -2.16. The van der Waals surface area contributed by atoms with Crippen LogP contribution in [0.15, 0.2) is 23.3 Å². The highest BCUT2D eigenvalue weighted by atomic mass is 16.3. The van der Waals surface area contributed by atoms with E-state index in [0.717, 1.165) is 5.57 Å². The molecule has 0 heterocycles. The molecule has 0 aromatic carbocycles. The highest BCUT2D eigenvalue weighted by Crippen LogP contribution is 2.13. The molecule has 68 valence electrons. The lowest BCUT2D eigenvalue weighted by Crippen LogP contribution is -2.22. The second-order valence-electron chi connectivity index (χ2n) is 3.54. The average molecular weight is 168 g/mol. The first-order valence-corrected chi connectivity index (χ1v) is 3.91. The summed E-state index contributed by atoms with van der Waals surface area (Å²) in [5.74, 6) is 0. The van der Waals surface area contributed by atoms with Crippen molar-refractivity contribution < 1.29 is 9.90 Å². The van der Waals surface area contributed by atoms with Gasteiger partial charge in [0.25, 0.3) is 0 Å². The number of carbonyl (C=O) groups is 1. The molecule has 0 aliphatic carbocycles. The minimum Gasteiger partial charge on any atom is -0.386 e. The van der Waals surface area contributed by atoms with Crippen molar-refractivity contribution in [1.29, 1.82) is 0 Å². The van der Waals surface area contributed by atoms with Crippen LogP contribution in [0.25, 0.3) is 0 Å². The van der Waals surface area contributed by atoms with Crippen LogP contribution in [-0.4, -0.2) is 17.0 Å². The van der Waals surface area contributed by atoms with Crippen molar-refractivity contribution in [2.24, 2.45) is 0 Å². The van der Waals surface area contributed by atoms with Crippen molar-refractivity contribution in [2.75, 3.05) is 0 Å². The van der Waals surface area contributed by atoms with Gasteiger partial charge in [0.1, 0.15) is 6.29 Å². The van der Waals surface area contributed by atoms with Gasteiger partial charge in [-0.3, -0.25) is 4.79 Å². The van der Waals surface area contributed by atoms with Gasteiger partial charge in [0, 0.05) is 5.57 Å². The quantitative estimate of drug-likeness (QED) is 0.396. The summed E-state index contributed by atoms with van der Waals surface area (Å²) in [6, 6.07) is 0. The Labute approximate surface area is 73.6 Å². The summed E-state index contributed by atoms with van der Waals surface area (Å²) in [6.07, 6.45) is 4.13. The van der Waals surface area contributed by atoms with Crippen LogP contribution in [0.2, 0.25) is 0 Å². The smallest absolute Gasteiger partial charge is 0.148 e. The maximum Gasteiger partial charge on any atom is 0.148 e. The Morgan fingerprint density at radius 3 is 2.00 bits per heavy atom. The minimum atomic E-state index is -1.05. The topological polar surface area (TPSA) is 37.3 Å². The fourth-order valence-corrected chi connectivity index (χ4v) is 0.644. The predicted octanol–water partition coefficient (Wildman–Crippen LogP) is 1.85. The van der Waals surface area contributed by atoms with Crippen molar-refractivity contribution in [3.63, 3.8) is 0 Å². The highest BCUT2D eigenvalue weighted by molar-refractivity contribution is 5.76. The van der Waals surface area contributed by atoms with Gasteiger partial charge in [0.05, 0.1) is 5.60 Å². The van der Waals surface area contributed by atoms with Gasteiger partial charge in [-0.2, -0.15) is 0 Å². The maximum absolute atomic E-state index is 10.5. The van der Waals surface area contributed by atoms with Crippen molar-refractivity contribution in [2.45, 2.75) is 33.3 Å². The Kier molecular flexibility index (Phi) is 3.90. The van der Waals surface area contributed by atoms with E-state index in [2.05, 4.69) is 0 Å². The zero-order chi connectivity index (χ0) is 9.78. The molecule has 0 saturated carbocycles. The van der Waals surface area contributed by atoms with Crippen LogP contribution in [-0.2, 0) is 4.79 Å². The molecule has 0 spiro atoms. The van der Waals surface area contributed by atoms with Crippen LogP contribution in [0, 0.1) is 0 Å². The van der Waals surface area contributed by atoms with E-state index < -0.39 is 5.60 Å². The molecule has 0 bridgehead atoms. The molecular formula is C10H16O2. The Bertz CT molecular complexity index is 212. The number of rotatable bonds is 3. The molecule has 0 aliphatic heterocycles. The van der Waals surface area contributed by atoms with Gasteiger partial charge < -0.3 is 5.11 Å². The fourth-order valence-electron chi connectivity index (χ4n) is 0.644. The fraction of sp³-hybridized carbons (Fsp3) is 0.500. The van der Waals surface area contributed by atoms with E-state index >= 15 is 0 Å². The lowest BCUT2D eigenvalue weighted by atomic mass is 9.99. The molecule has 0 rings (SSSR count). The van der Waals surface area contributed by atoms with E-state index in [1.807, 2.05) is 19.9 Å². The first-order chi connectivity index (χ1) is 5.38. The first kappa shape index (κ1) is 11.1. The second kappa shape index (κ2) is 4.21. The van der Waals surface area contributed by atoms with Gasteiger partial charge in [-0.25, -0.2) is 0 Å². The standard InChI is InChI=1S/C10H16O2/c1-8(2)5-6-9(7-11)10(3,4)12/h5-7,12H,1-4H3/b9-6+. The van der Waals surface area contributed by atoms with Crippen molar-refractivity contribution in [1.82, 2.24) is 0 Å². The molecule has 2 nitrogen and oxygen atoms in total. The van der Waals surface area contributed by atoms with Crippen LogP contribution >= 0.6 is 0 Å². The zero-order valence-electron chi connectivity index (χ0n) is 8.09. The maximum atomic E-state index is 10.5. The van der Waals surface area contributed by atoms with Crippen LogP contribution < -0.4 is 0 Å². The molecule has 0 saturated heterocycles. The number of hydrogen-bond acceptors (Lipinski definition) is 2. The third-order valence-electron chi connectivity index (χ3n) is 1.43. The molecule has 0 aromatic heterocycles. The van der Waals surface area contributed by atoms with E-state index in [9.17, 15) is 9.90 Å². The molecular weight excluding hydrogens is 152 g/mol. The second-order valence-corrected chi connectivity index (χ2v) is 3.54. The van der Waals surface area contributed by atoms with Crippen molar-refractivity contribution in [3.8, 4) is 0 Å². The first-order valence-electron chi connectivity index (χ1n) is 3.91. The third-order valence-corrected chi connectivity index (χ3v) is 1.43. The summed E-state index contributed by atoms with van der Waals surface area (Å²) in [5, 5.41) is 9.46. The largest absolute Gasteiger partial charge is 0.386 e. The Morgan fingerprint density at radius 1 is 1.25 bits per heavy atom. The zero-order valence-corrected chi connectivity index (χ0v) is 8.09. The Balaban J connectivity index is 4.68. The summed E-state index contributed by atoms with van der Waals surface area (Å²) >= 11 is 0. The van der Waals surface area contributed by atoms with Gasteiger partial charge in [0.2, 0.25) is 0 Å². The molecule has 12 heavy (non-hydrogen) atoms. The normalized spacial score (nSPS) is 12.6. The van der Waals surface area contributed by atoms with Crippen molar-refractivity contribution in [3.05, 3.63) is 23.3 Å². The van der Waals surface area contributed by atoms with Crippen LogP contribution in [0.3, 0.4) is 0 Å². The number of allylic oxidation sites excluding steroid dienone is 3. The summed E-state index contributed by atoms with van der Waals surface area (Å²) in [7, 11) is 0. The van der Waals surface area contributed by atoms with Crippen LogP contribution in [0.4, 0.5) is 0 Å². The molecule has 0 aromatic rings. The summed E-state index contributed by atoms with van der Waals surface area (Å²) in [6.45, 7) is 7.05. The van der Waals surface area contributed by atoms with E-state index in [1.54, 1.807) is 19.9 Å². The summed E-state index contributed by atoms with van der Waals surface area (Å²) in [5.41, 5.74) is 0.440. The molecule has 0 amide bonds. The molecule has 0 radical (unpaired) electrons. The van der Waals surface area contributed by atoms with Gasteiger partial charge >= 0.3 is 0 Å². The van der Waals surface area contributed by atoms with E-state index in [-0.39, 0.29) is 0 Å². The minimum absolute atomic E-state index is 0.392. The number of aldehydes is 1. The van der Waals surface area contributed by atoms with Crippen molar-refractivity contribution >= 4 is 6.29 Å². The van der Waals surface area contributed by atoms with Crippen LogP contribution in [0.1, 0.15) is 27.7 Å². The average Bonchev–Trinajstić information content (AvgIpc) is 1.85. The SMILES string of the molecule is CC(C)=C/C=C(\C=O)C(C)(C)O. The number of hydrogen-bond donors (Lipinski definition) is 1. The third kappa shape index (κ3) is 4.09. The molecule has 0 aliphatic rings. The van der Waals surface area contributed by atoms with Gasteiger partial charge in [-0.15, -0.1) is 0 Å². The Morgan fingerprint density at radius 2 is 1.75 bits per heavy atom. The van der Waals surface area contributed by atoms with E-state index in [4.69, 9.17) is 0 Å². The lowest BCUT2D eigenvalue weighted by molar-refractivity contribution is -0.106.